The molecule has 2 aromatic rings. The molecule has 1 aliphatic heterocycles. The second-order valence-corrected chi connectivity index (χ2v) is 5.50. The summed E-state index contributed by atoms with van der Waals surface area (Å²) < 4.78 is 5.37. The molecular weight excluding hydrogens is 246 g/mol. The molecule has 5 heteroatoms. The molecule has 2 aromatic heterocycles. The van der Waals surface area contributed by atoms with Gasteiger partial charge in [0, 0.05) is 37.6 Å². The number of thiazole rings is 1. The molecule has 1 atom stereocenters. The topological polar surface area (TPSA) is 41.3 Å². The molecule has 0 radical (unpaired) electrons. The van der Waals surface area contributed by atoms with Crippen molar-refractivity contribution >= 4 is 11.3 Å². The highest BCUT2D eigenvalue weighted by atomic mass is 32.1. The Morgan fingerprint density at radius 1 is 1.61 bits per heavy atom. The molecule has 3 rings (SSSR count). The predicted octanol–water partition coefficient (Wildman–Crippen LogP) is 2.20. The maximum absolute atomic E-state index is 5.37. The van der Waals surface area contributed by atoms with E-state index in [4.69, 9.17) is 4.42 Å². The van der Waals surface area contributed by atoms with E-state index >= 15 is 0 Å². The Morgan fingerprint density at radius 3 is 3.33 bits per heavy atom. The normalized spacial score (nSPS) is 21.3. The van der Waals surface area contributed by atoms with Crippen LogP contribution >= 0.6 is 11.3 Å². The molecule has 1 aliphatic rings. The number of nitrogens with one attached hydrogen (secondary N) is 1. The average molecular weight is 263 g/mol. The van der Waals surface area contributed by atoms with Crippen molar-refractivity contribution in [2.45, 2.75) is 19.5 Å². The molecule has 0 bridgehead atoms. The summed E-state index contributed by atoms with van der Waals surface area (Å²) >= 11 is 1.65. The maximum atomic E-state index is 5.37. The third-order valence-electron chi connectivity index (χ3n) is 3.29. The Bertz CT molecular complexity index is 494. The summed E-state index contributed by atoms with van der Waals surface area (Å²) in [6.07, 6.45) is 1.69. The zero-order valence-electron chi connectivity index (χ0n) is 10.4. The predicted molar refractivity (Wildman–Crippen MR) is 72.6 cm³/mol. The first kappa shape index (κ1) is 11.9. The van der Waals surface area contributed by atoms with Gasteiger partial charge in [-0.2, -0.15) is 0 Å². The highest BCUT2D eigenvalue weighted by Crippen LogP contribution is 2.24. The Labute approximate surface area is 111 Å². The zero-order valence-corrected chi connectivity index (χ0v) is 11.2. The lowest BCUT2D eigenvalue weighted by molar-refractivity contribution is 0.164. The van der Waals surface area contributed by atoms with Gasteiger partial charge >= 0.3 is 0 Å². The van der Waals surface area contributed by atoms with Crippen molar-refractivity contribution in [2.24, 2.45) is 0 Å². The SMILES string of the molecule is CC1CNCCN1Cc1csc(-c2ccco2)n1. The van der Waals surface area contributed by atoms with Gasteiger partial charge in [0.05, 0.1) is 12.0 Å². The summed E-state index contributed by atoms with van der Waals surface area (Å²) in [4.78, 5) is 7.11. The lowest BCUT2D eigenvalue weighted by Crippen LogP contribution is -2.49. The molecule has 0 saturated carbocycles. The van der Waals surface area contributed by atoms with Crippen LogP contribution in [0.15, 0.2) is 28.2 Å². The summed E-state index contributed by atoms with van der Waals surface area (Å²) in [7, 11) is 0. The van der Waals surface area contributed by atoms with Gasteiger partial charge in [-0.25, -0.2) is 4.98 Å². The van der Waals surface area contributed by atoms with Gasteiger partial charge in [0.2, 0.25) is 0 Å². The fourth-order valence-electron chi connectivity index (χ4n) is 2.22. The first-order valence-electron chi connectivity index (χ1n) is 6.26. The highest BCUT2D eigenvalue weighted by Gasteiger charge is 2.19. The van der Waals surface area contributed by atoms with Crippen LogP contribution in [0.5, 0.6) is 0 Å². The van der Waals surface area contributed by atoms with Gasteiger partial charge in [-0.05, 0) is 19.1 Å². The number of furan rings is 1. The fraction of sp³-hybridized carbons (Fsp3) is 0.462. The lowest BCUT2D eigenvalue weighted by Gasteiger charge is -2.33. The summed E-state index contributed by atoms with van der Waals surface area (Å²) in [5.74, 6) is 0.861. The summed E-state index contributed by atoms with van der Waals surface area (Å²) in [6.45, 7) is 6.41. The Kier molecular flexibility index (Phi) is 3.45. The minimum atomic E-state index is 0.576. The number of piperazine rings is 1. The Balaban J connectivity index is 1.70. The fourth-order valence-corrected chi connectivity index (χ4v) is 3.00. The van der Waals surface area contributed by atoms with Gasteiger partial charge in [0.1, 0.15) is 0 Å². The van der Waals surface area contributed by atoms with Crippen molar-refractivity contribution in [3.8, 4) is 10.8 Å². The molecule has 0 amide bonds. The largest absolute Gasteiger partial charge is 0.462 e. The van der Waals surface area contributed by atoms with Crippen molar-refractivity contribution in [3.05, 3.63) is 29.5 Å². The molecule has 18 heavy (non-hydrogen) atoms. The van der Waals surface area contributed by atoms with E-state index < -0.39 is 0 Å². The van der Waals surface area contributed by atoms with Crippen LogP contribution in [0.1, 0.15) is 12.6 Å². The van der Waals surface area contributed by atoms with Crippen molar-refractivity contribution in [2.75, 3.05) is 19.6 Å². The first-order valence-corrected chi connectivity index (χ1v) is 7.14. The first-order chi connectivity index (χ1) is 8.83. The van der Waals surface area contributed by atoms with Crippen LogP contribution < -0.4 is 5.32 Å². The number of hydrogen-bond acceptors (Lipinski definition) is 5. The van der Waals surface area contributed by atoms with Crippen molar-refractivity contribution in [1.29, 1.82) is 0 Å². The molecule has 3 heterocycles. The second kappa shape index (κ2) is 5.22. The number of aromatic nitrogens is 1. The molecular formula is C13H17N3OS. The van der Waals surface area contributed by atoms with E-state index in [1.165, 1.54) is 0 Å². The molecule has 1 unspecified atom stereocenters. The van der Waals surface area contributed by atoms with Crippen LogP contribution in [-0.2, 0) is 6.54 Å². The van der Waals surface area contributed by atoms with Gasteiger partial charge in [0.25, 0.3) is 0 Å². The van der Waals surface area contributed by atoms with Gasteiger partial charge in [-0.1, -0.05) is 0 Å². The van der Waals surface area contributed by atoms with Crippen LogP contribution in [0.4, 0.5) is 0 Å². The molecule has 4 nitrogen and oxygen atoms in total. The van der Waals surface area contributed by atoms with E-state index in [-0.39, 0.29) is 0 Å². The molecule has 0 aromatic carbocycles. The Hall–Kier alpha value is -1.17. The van der Waals surface area contributed by atoms with Crippen LogP contribution in [0.3, 0.4) is 0 Å². The summed E-state index contributed by atoms with van der Waals surface area (Å²) in [5.41, 5.74) is 1.14. The molecule has 96 valence electrons. The average Bonchev–Trinajstić information content (AvgIpc) is 3.02. The van der Waals surface area contributed by atoms with E-state index in [9.17, 15) is 0 Å². The zero-order chi connectivity index (χ0) is 12.4. The third kappa shape index (κ3) is 2.48. The third-order valence-corrected chi connectivity index (χ3v) is 4.19. The number of nitrogens with zero attached hydrogens (tertiary/aromatic N) is 2. The monoisotopic (exact) mass is 263 g/mol. The van der Waals surface area contributed by atoms with E-state index in [2.05, 4.69) is 27.5 Å². The van der Waals surface area contributed by atoms with Crippen LogP contribution in [0.2, 0.25) is 0 Å². The van der Waals surface area contributed by atoms with Crippen molar-refractivity contribution < 1.29 is 4.42 Å². The Morgan fingerprint density at radius 2 is 2.56 bits per heavy atom. The molecule has 0 spiro atoms. The van der Waals surface area contributed by atoms with E-state index in [0.29, 0.717) is 6.04 Å². The van der Waals surface area contributed by atoms with Gasteiger partial charge < -0.3 is 9.73 Å². The highest BCUT2D eigenvalue weighted by molar-refractivity contribution is 7.13. The van der Waals surface area contributed by atoms with E-state index in [0.717, 1.165) is 42.6 Å². The van der Waals surface area contributed by atoms with Gasteiger partial charge in [0.15, 0.2) is 10.8 Å². The molecule has 0 aliphatic carbocycles. The smallest absolute Gasteiger partial charge is 0.162 e. The maximum Gasteiger partial charge on any atom is 0.162 e. The van der Waals surface area contributed by atoms with Crippen molar-refractivity contribution in [3.63, 3.8) is 0 Å². The van der Waals surface area contributed by atoms with E-state index in [1.807, 2.05) is 12.1 Å². The van der Waals surface area contributed by atoms with Gasteiger partial charge in [-0.3, -0.25) is 4.90 Å². The molecule has 1 fully saturated rings. The minimum Gasteiger partial charge on any atom is -0.462 e. The second-order valence-electron chi connectivity index (χ2n) is 4.64. The van der Waals surface area contributed by atoms with Crippen LogP contribution in [0, 0.1) is 0 Å². The lowest BCUT2D eigenvalue weighted by atomic mass is 10.2. The van der Waals surface area contributed by atoms with Gasteiger partial charge in [-0.15, -0.1) is 11.3 Å². The number of rotatable bonds is 3. The molecule has 1 saturated heterocycles. The quantitative estimate of drug-likeness (QED) is 0.921. The van der Waals surface area contributed by atoms with Crippen LogP contribution in [-0.4, -0.2) is 35.6 Å². The molecule has 1 N–H and O–H groups in total. The van der Waals surface area contributed by atoms with Crippen molar-refractivity contribution in [1.82, 2.24) is 15.2 Å². The standard InChI is InChI=1S/C13H17N3OS/c1-10-7-14-4-5-16(10)8-11-9-18-13(15-11)12-3-2-6-17-12/h2-3,6,9-10,14H,4-5,7-8H2,1H3. The van der Waals surface area contributed by atoms with Crippen LogP contribution in [0.25, 0.3) is 10.8 Å². The van der Waals surface area contributed by atoms with E-state index in [1.54, 1.807) is 17.6 Å². The summed E-state index contributed by atoms with van der Waals surface area (Å²) in [5, 5.41) is 6.51. The summed E-state index contributed by atoms with van der Waals surface area (Å²) in [6, 6.07) is 4.43. The number of hydrogen-bond donors (Lipinski definition) is 1. The minimum absolute atomic E-state index is 0.576.